The highest BCUT2D eigenvalue weighted by Gasteiger charge is 2.11. The first-order valence-corrected chi connectivity index (χ1v) is 7.21. The molecule has 0 aliphatic carbocycles. The van der Waals surface area contributed by atoms with E-state index in [-0.39, 0.29) is 0 Å². The summed E-state index contributed by atoms with van der Waals surface area (Å²) < 4.78 is 7.38. The quantitative estimate of drug-likeness (QED) is 0.775. The van der Waals surface area contributed by atoms with Crippen molar-refractivity contribution in [2.75, 3.05) is 19.7 Å². The summed E-state index contributed by atoms with van der Waals surface area (Å²) in [4.78, 5) is 0. The second-order valence-electron chi connectivity index (χ2n) is 5.06. The number of hydrogen-bond donors (Lipinski definition) is 1. The van der Waals surface area contributed by atoms with Gasteiger partial charge in [-0.3, -0.25) is 4.68 Å². The van der Waals surface area contributed by atoms with Gasteiger partial charge in [-0.05, 0) is 43.1 Å². The van der Waals surface area contributed by atoms with Crippen LogP contribution in [0, 0.1) is 0 Å². The van der Waals surface area contributed by atoms with Gasteiger partial charge < -0.3 is 10.1 Å². The first-order valence-electron chi connectivity index (χ1n) is 7.21. The molecule has 0 radical (unpaired) electrons. The topological polar surface area (TPSA) is 52.0 Å². The van der Waals surface area contributed by atoms with Crippen molar-refractivity contribution in [2.24, 2.45) is 0 Å². The van der Waals surface area contributed by atoms with Crippen molar-refractivity contribution in [1.29, 1.82) is 0 Å². The Morgan fingerprint density at radius 2 is 2.30 bits per heavy atom. The van der Waals surface area contributed by atoms with Crippen molar-refractivity contribution >= 4 is 0 Å². The Morgan fingerprint density at radius 3 is 3.20 bits per heavy atom. The lowest BCUT2D eigenvalue weighted by molar-refractivity contribution is 0.357. The number of nitrogens with one attached hydrogen (secondary N) is 1. The fourth-order valence-electron chi connectivity index (χ4n) is 2.47. The van der Waals surface area contributed by atoms with Gasteiger partial charge in [-0.1, -0.05) is 17.3 Å². The third-order valence-electron chi connectivity index (χ3n) is 3.56. The van der Waals surface area contributed by atoms with Crippen LogP contribution in [0.2, 0.25) is 0 Å². The van der Waals surface area contributed by atoms with Gasteiger partial charge in [-0.25, -0.2) is 0 Å². The smallest absolute Gasteiger partial charge is 0.122 e. The summed E-state index contributed by atoms with van der Waals surface area (Å²) in [6.07, 6.45) is 6.80. The molecule has 1 N–H and O–H groups in total. The molecule has 1 aliphatic heterocycles. The number of rotatable bonds is 7. The van der Waals surface area contributed by atoms with Crippen molar-refractivity contribution in [3.8, 4) is 5.75 Å². The summed E-state index contributed by atoms with van der Waals surface area (Å²) >= 11 is 0. The van der Waals surface area contributed by atoms with Gasteiger partial charge in [0.1, 0.15) is 5.75 Å². The molecule has 0 atom stereocenters. The first kappa shape index (κ1) is 13.1. The Kier molecular flexibility index (Phi) is 4.28. The molecular weight excluding hydrogens is 252 g/mol. The Balaban J connectivity index is 1.33. The molecule has 0 spiro atoms. The van der Waals surface area contributed by atoms with Crippen LogP contribution in [0.25, 0.3) is 0 Å². The normalized spacial score (nSPS) is 13.2. The first-order chi connectivity index (χ1) is 9.92. The van der Waals surface area contributed by atoms with Crippen LogP contribution in [0.5, 0.6) is 5.75 Å². The maximum absolute atomic E-state index is 5.52. The highest BCUT2D eigenvalue weighted by molar-refractivity contribution is 5.39. The molecular formula is C15H20N4O. The standard InChI is InChI=1S/C15H20N4O/c1(9-19-10-8-17-18-19)6-16-7-4-13-2-3-15-14(12-13)5-11-20-15/h2-3,8,10,12,16H,1,4-7,9,11H2. The van der Waals surface area contributed by atoms with Crippen LogP contribution >= 0.6 is 0 Å². The van der Waals surface area contributed by atoms with Gasteiger partial charge in [0.05, 0.1) is 12.8 Å². The van der Waals surface area contributed by atoms with Gasteiger partial charge in [0.2, 0.25) is 0 Å². The maximum atomic E-state index is 5.52. The lowest BCUT2D eigenvalue weighted by Gasteiger charge is -2.06. The van der Waals surface area contributed by atoms with E-state index in [0.717, 1.165) is 51.3 Å². The second kappa shape index (κ2) is 6.52. The molecule has 5 heteroatoms. The van der Waals surface area contributed by atoms with Gasteiger partial charge in [0, 0.05) is 19.2 Å². The molecule has 0 bridgehead atoms. The predicted molar refractivity (Wildman–Crippen MR) is 76.9 cm³/mol. The van der Waals surface area contributed by atoms with Crippen LogP contribution in [-0.4, -0.2) is 34.7 Å². The molecule has 0 unspecified atom stereocenters. The number of aromatic nitrogens is 3. The number of ether oxygens (including phenoxy) is 1. The molecule has 2 heterocycles. The number of aryl methyl sites for hydroxylation is 1. The molecule has 0 amide bonds. The number of benzene rings is 1. The van der Waals surface area contributed by atoms with Crippen LogP contribution in [0.4, 0.5) is 0 Å². The van der Waals surface area contributed by atoms with Crippen LogP contribution in [0.1, 0.15) is 17.5 Å². The second-order valence-corrected chi connectivity index (χ2v) is 5.06. The van der Waals surface area contributed by atoms with Crippen LogP contribution < -0.4 is 10.1 Å². The molecule has 106 valence electrons. The molecule has 1 aliphatic rings. The fourth-order valence-corrected chi connectivity index (χ4v) is 2.47. The molecule has 20 heavy (non-hydrogen) atoms. The average molecular weight is 272 g/mol. The number of fused-ring (bicyclic) bond motifs is 1. The lowest BCUT2D eigenvalue weighted by atomic mass is 10.1. The van der Waals surface area contributed by atoms with E-state index in [0.29, 0.717) is 0 Å². The van der Waals surface area contributed by atoms with Crippen LogP contribution in [-0.2, 0) is 19.4 Å². The van der Waals surface area contributed by atoms with Crippen molar-refractivity contribution < 1.29 is 4.74 Å². The summed E-state index contributed by atoms with van der Waals surface area (Å²) in [6.45, 7) is 3.77. The Labute approximate surface area is 118 Å². The van der Waals surface area contributed by atoms with E-state index in [2.05, 4.69) is 33.8 Å². The summed E-state index contributed by atoms with van der Waals surface area (Å²) in [6, 6.07) is 6.54. The maximum Gasteiger partial charge on any atom is 0.122 e. The van der Waals surface area contributed by atoms with E-state index >= 15 is 0 Å². The van der Waals surface area contributed by atoms with E-state index in [4.69, 9.17) is 4.74 Å². The van der Waals surface area contributed by atoms with Crippen molar-refractivity contribution in [3.63, 3.8) is 0 Å². The largest absolute Gasteiger partial charge is 0.493 e. The van der Waals surface area contributed by atoms with Crippen molar-refractivity contribution in [2.45, 2.75) is 25.8 Å². The Morgan fingerprint density at radius 1 is 1.30 bits per heavy atom. The SMILES string of the molecule is c1cn(CCCNCCc2ccc3c(c2)CCO3)nn1. The number of nitrogens with zero attached hydrogens (tertiary/aromatic N) is 3. The third-order valence-corrected chi connectivity index (χ3v) is 3.56. The summed E-state index contributed by atoms with van der Waals surface area (Å²) in [5.74, 6) is 1.06. The zero-order valence-corrected chi connectivity index (χ0v) is 11.6. The zero-order valence-electron chi connectivity index (χ0n) is 11.6. The van der Waals surface area contributed by atoms with Crippen molar-refractivity contribution in [1.82, 2.24) is 20.3 Å². The molecule has 1 aromatic heterocycles. The summed E-state index contributed by atoms with van der Waals surface area (Å²) in [7, 11) is 0. The van der Waals surface area contributed by atoms with Gasteiger partial charge in [-0.15, -0.1) is 5.10 Å². The molecule has 0 saturated carbocycles. The minimum Gasteiger partial charge on any atom is -0.493 e. The molecule has 2 aromatic rings. The van der Waals surface area contributed by atoms with Crippen LogP contribution in [0.3, 0.4) is 0 Å². The molecule has 3 rings (SSSR count). The predicted octanol–water partition coefficient (Wildman–Crippen LogP) is 1.44. The molecule has 0 fully saturated rings. The van der Waals surface area contributed by atoms with Crippen LogP contribution in [0.15, 0.2) is 30.6 Å². The molecule has 1 aromatic carbocycles. The molecule has 5 nitrogen and oxygen atoms in total. The minimum atomic E-state index is 0.833. The Bertz CT molecular complexity index is 539. The number of hydrogen-bond acceptors (Lipinski definition) is 4. The summed E-state index contributed by atoms with van der Waals surface area (Å²) in [5.41, 5.74) is 2.74. The Hall–Kier alpha value is -1.88. The molecule has 0 saturated heterocycles. The fraction of sp³-hybridized carbons (Fsp3) is 0.467. The third kappa shape index (κ3) is 3.36. The summed E-state index contributed by atoms with van der Waals surface area (Å²) in [5, 5.41) is 11.2. The van der Waals surface area contributed by atoms with Gasteiger partial charge in [0.15, 0.2) is 0 Å². The zero-order chi connectivity index (χ0) is 13.6. The lowest BCUT2D eigenvalue weighted by Crippen LogP contribution is -2.20. The van der Waals surface area contributed by atoms with Gasteiger partial charge in [0.25, 0.3) is 0 Å². The van der Waals surface area contributed by atoms with E-state index in [9.17, 15) is 0 Å². The van der Waals surface area contributed by atoms with E-state index in [1.165, 1.54) is 11.1 Å². The minimum absolute atomic E-state index is 0.833. The van der Waals surface area contributed by atoms with Crippen molar-refractivity contribution in [3.05, 3.63) is 41.7 Å². The highest BCUT2D eigenvalue weighted by atomic mass is 16.5. The highest BCUT2D eigenvalue weighted by Crippen LogP contribution is 2.25. The van der Waals surface area contributed by atoms with E-state index in [1.54, 1.807) is 6.20 Å². The average Bonchev–Trinajstić information content (AvgIpc) is 3.13. The van der Waals surface area contributed by atoms with E-state index in [1.807, 2.05) is 10.9 Å². The van der Waals surface area contributed by atoms with Gasteiger partial charge >= 0.3 is 0 Å². The van der Waals surface area contributed by atoms with E-state index < -0.39 is 0 Å². The monoisotopic (exact) mass is 272 g/mol. The van der Waals surface area contributed by atoms with Gasteiger partial charge in [-0.2, -0.15) is 0 Å².